The molecule has 2 aromatic rings. The molecule has 0 aliphatic rings. The lowest BCUT2D eigenvalue weighted by atomic mass is 10.2. The van der Waals surface area contributed by atoms with E-state index in [0.717, 1.165) is 12.1 Å². The molecule has 0 aromatic heterocycles. The quantitative estimate of drug-likeness (QED) is 0.643. The number of rotatable bonds is 5. The predicted octanol–water partition coefficient (Wildman–Crippen LogP) is 2.72. The number of nitrogens with one attached hydrogen (secondary N) is 2. The summed E-state index contributed by atoms with van der Waals surface area (Å²) in [5.41, 5.74) is 0.463. The number of methoxy groups -OCH3 is 1. The first kappa shape index (κ1) is 18.1. The first-order chi connectivity index (χ1) is 11.9. The minimum absolute atomic E-state index is 0.221. The van der Waals surface area contributed by atoms with E-state index in [-0.39, 0.29) is 5.69 Å². The normalized spacial score (nSPS) is 10.0. The molecule has 25 heavy (non-hydrogen) atoms. The van der Waals surface area contributed by atoms with Gasteiger partial charge in [-0.05, 0) is 36.4 Å². The molecule has 0 fully saturated rings. The van der Waals surface area contributed by atoms with Crippen molar-refractivity contribution in [1.29, 1.82) is 0 Å². The van der Waals surface area contributed by atoms with Crippen molar-refractivity contribution in [2.24, 2.45) is 0 Å². The van der Waals surface area contributed by atoms with Crippen LogP contribution >= 0.6 is 0 Å². The van der Waals surface area contributed by atoms with Gasteiger partial charge in [0.1, 0.15) is 18.1 Å². The summed E-state index contributed by atoms with van der Waals surface area (Å²) in [5, 5.41) is 4.64. The molecule has 0 aliphatic carbocycles. The van der Waals surface area contributed by atoms with Crippen molar-refractivity contribution in [3.63, 3.8) is 0 Å². The van der Waals surface area contributed by atoms with Crippen LogP contribution in [0.15, 0.2) is 42.5 Å². The van der Waals surface area contributed by atoms with Crippen LogP contribution < -0.4 is 10.6 Å². The fourth-order valence-corrected chi connectivity index (χ4v) is 1.94. The molecule has 0 unspecified atom stereocenters. The summed E-state index contributed by atoms with van der Waals surface area (Å²) in [6, 6.07) is 8.53. The highest BCUT2D eigenvalue weighted by Gasteiger charge is 2.13. The zero-order chi connectivity index (χ0) is 18.4. The van der Waals surface area contributed by atoms with Crippen LogP contribution in [0.5, 0.6) is 0 Å². The lowest BCUT2D eigenvalue weighted by molar-refractivity contribution is -0.123. The lowest BCUT2D eigenvalue weighted by Crippen LogP contribution is -2.22. The van der Waals surface area contributed by atoms with Crippen LogP contribution in [-0.2, 0) is 14.3 Å². The highest BCUT2D eigenvalue weighted by atomic mass is 19.1. The molecule has 0 radical (unpaired) electrons. The van der Waals surface area contributed by atoms with Gasteiger partial charge in [0.05, 0.1) is 18.4 Å². The summed E-state index contributed by atoms with van der Waals surface area (Å²) < 4.78 is 30.8. The highest BCUT2D eigenvalue weighted by Crippen LogP contribution is 2.15. The maximum Gasteiger partial charge on any atom is 0.337 e. The monoisotopic (exact) mass is 348 g/mol. The van der Waals surface area contributed by atoms with Crippen molar-refractivity contribution in [3.8, 4) is 0 Å². The number of benzene rings is 2. The topological polar surface area (TPSA) is 84.5 Å². The molecule has 6 nitrogen and oxygen atoms in total. The molecule has 2 amide bonds. The van der Waals surface area contributed by atoms with Gasteiger partial charge in [0, 0.05) is 11.8 Å². The molecule has 0 atom stereocenters. The van der Waals surface area contributed by atoms with Gasteiger partial charge in [-0.2, -0.15) is 0 Å². The van der Waals surface area contributed by atoms with Crippen LogP contribution in [0.1, 0.15) is 16.8 Å². The number of hydrogen-bond acceptors (Lipinski definition) is 4. The minimum Gasteiger partial charge on any atom is -0.465 e. The number of carbonyl (C=O) groups is 3. The number of ether oxygens (including phenoxy) is 1. The second kappa shape index (κ2) is 8.00. The SMILES string of the molecule is COC(=O)c1ccc(NC(=O)CC(=O)Nc2ccc(F)cc2F)cc1. The first-order valence-electron chi connectivity index (χ1n) is 7.12. The third kappa shape index (κ3) is 5.10. The second-order valence-electron chi connectivity index (χ2n) is 4.97. The Morgan fingerprint density at radius 3 is 2.20 bits per heavy atom. The Balaban J connectivity index is 1.91. The summed E-state index contributed by atoms with van der Waals surface area (Å²) in [6.07, 6.45) is -0.560. The Bertz CT molecular complexity index is 807. The molecule has 8 heteroatoms. The van der Waals surface area contributed by atoms with Gasteiger partial charge in [-0.25, -0.2) is 13.6 Å². The number of anilines is 2. The number of halogens is 2. The van der Waals surface area contributed by atoms with E-state index in [9.17, 15) is 23.2 Å². The van der Waals surface area contributed by atoms with Crippen LogP contribution in [0.2, 0.25) is 0 Å². The molecule has 0 bridgehead atoms. The number of esters is 1. The predicted molar refractivity (Wildman–Crippen MR) is 86.0 cm³/mol. The van der Waals surface area contributed by atoms with E-state index in [4.69, 9.17) is 0 Å². The van der Waals surface area contributed by atoms with Gasteiger partial charge in [-0.3, -0.25) is 9.59 Å². The fourth-order valence-electron chi connectivity index (χ4n) is 1.94. The molecule has 2 rings (SSSR count). The maximum atomic E-state index is 13.4. The van der Waals surface area contributed by atoms with Crippen LogP contribution in [-0.4, -0.2) is 24.9 Å². The molecular formula is C17H14F2N2O4. The second-order valence-corrected chi connectivity index (χ2v) is 4.97. The maximum absolute atomic E-state index is 13.4. The summed E-state index contributed by atoms with van der Waals surface area (Å²) in [7, 11) is 1.25. The third-order valence-corrected chi connectivity index (χ3v) is 3.12. The van der Waals surface area contributed by atoms with Crippen LogP contribution in [0, 0.1) is 11.6 Å². The Kier molecular flexibility index (Phi) is 5.78. The van der Waals surface area contributed by atoms with E-state index in [2.05, 4.69) is 15.4 Å². The van der Waals surface area contributed by atoms with Crippen molar-refractivity contribution >= 4 is 29.2 Å². The number of hydrogen-bond donors (Lipinski definition) is 2. The fraction of sp³-hybridized carbons (Fsp3) is 0.118. The minimum atomic E-state index is -0.938. The first-order valence-corrected chi connectivity index (χ1v) is 7.12. The van der Waals surface area contributed by atoms with Gasteiger partial charge < -0.3 is 15.4 Å². The van der Waals surface area contributed by atoms with Crippen LogP contribution in [0.25, 0.3) is 0 Å². The Hall–Kier alpha value is -3.29. The third-order valence-electron chi connectivity index (χ3n) is 3.12. The van der Waals surface area contributed by atoms with Gasteiger partial charge in [-0.1, -0.05) is 0 Å². The van der Waals surface area contributed by atoms with Gasteiger partial charge in [0.2, 0.25) is 11.8 Å². The van der Waals surface area contributed by atoms with Crippen molar-refractivity contribution in [2.75, 3.05) is 17.7 Å². The van der Waals surface area contributed by atoms with E-state index in [0.29, 0.717) is 17.3 Å². The molecule has 2 N–H and O–H groups in total. The van der Waals surface area contributed by atoms with E-state index >= 15 is 0 Å². The van der Waals surface area contributed by atoms with Gasteiger partial charge in [-0.15, -0.1) is 0 Å². The van der Waals surface area contributed by atoms with E-state index in [1.807, 2.05) is 0 Å². The van der Waals surface area contributed by atoms with Gasteiger partial charge in [0.15, 0.2) is 0 Å². The van der Waals surface area contributed by atoms with E-state index in [1.54, 1.807) is 0 Å². The van der Waals surface area contributed by atoms with E-state index in [1.165, 1.54) is 31.4 Å². The molecular weight excluding hydrogens is 334 g/mol. The molecule has 0 saturated heterocycles. The lowest BCUT2D eigenvalue weighted by Gasteiger charge is -2.08. The van der Waals surface area contributed by atoms with E-state index < -0.39 is 35.8 Å². The van der Waals surface area contributed by atoms with Crippen LogP contribution in [0.3, 0.4) is 0 Å². The molecule has 0 aliphatic heterocycles. The summed E-state index contributed by atoms with van der Waals surface area (Å²) in [6.45, 7) is 0. The molecule has 0 heterocycles. The average molecular weight is 348 g/mol. The molecule has 0 spiro atoms. The molecule has 130 valence electrons. The van der Waals surface area contributed by atoms with Crippen molar-refractivity contribution in [2.45, 2.75) is 6.42 Å². The number of carbonyl (C=O) groups excluding carboxylic acids is 3. The summed E-state index contributed by atoms with van der Waals surface area (Å²) in [4.78, 5) is 34.8. The van der Waals surface area contributed by atoms with Gasteiger partial charge >= 0.3 is 5.97 Å². The van der Waals surface area contributed by atoms with Crippen LogP contribution in [0.4, 0.5) is 20.2 Å². The summed E-state index contributed by atoms with van der Waals surface area (Å²) in [5.74, 6) is -3.62. The smallest absolute Gasteiger partial charge is 0.337 e. The van der Waals surface area contributed by atoms with Gasteiger partial charge in [0.25, 0.3) is 0 Å². The van der Waals surface area contributed by atoms with Crippen molar-refractivity contribution in [1.82, 2.24) is 0 Å². The zero-order valence-electron chi connectivity index (χ0n) is 13.1. The molecule has 2 aromatic carbocycles. The standard InChI is InChI=1S/C17H14F2N2O4/c1-25-17(24)10-2-5-12(6-3-10)20-15(22)9-16(23)21-14-7-4-11(18)8-13(14)19/h2-8H,9H2,1H3,(H,20,22)(H,21,23). The Morgan fingerprint density at radius 1 is 0.960 bits per heavy atom. The number of amides is 2. The Labute approximate surface area is 141 Å². The highest BCUT2D eigenvalue weighted by molar-refractivity contribution is 6.08. The van der Waals surface area contributed by atoms with Crippen molar-refractivity contribution in [3.05, 3.63) is 59.7 Å². The average Bonchev–Trinajstić information content (AvgIpc) is 2.57. The summed E-state index contributed by atoms with van der Waals surface area (Å²) >= 11 is 0. The Morgan fingerprint density at radius 2 is 1.60 bits per heavy atom. The zero-order valence-corrected chi connectivity index (χ0v) is 13.1. The van der Waals surface area contributed by atoms with Crippen molar-refractivity contribution < 1.29 is 27.9 Å². The molecule has 0 saturated carbocycles. The largest absolute Gasteiger partial charge is 0.465 e.